The molecule has 1 rings (SSSR count). The summed E-state index contributed by atoms with van der Waals surface area (Å²) in [6.45, 7) is 0. The number of hydrogen-bond donors (Lipinski definition) is 0. The van der Waals surface area contributed by atoms with Crippen LogP contribution in [0.1, 0.15) is 0 Å². The van der Waals surface area contributed by atoms with Crippen molar-refractivity contribution in [3.8, 4) is 0 Å². The van der Waals surface area contributed by atoms with Gasteiger partial charge in [0.25, 0.3) is 0 Å². The lowest BCUT2D eigenvalue weighted by Crippen LogP contribution is -2.43. The summed E-state index contributed by atoms with van der Waals surface area (Å²) in [5.74, 6) is 0. The second-order valence-corrected chi connectivity index (χ2v) is 8.96. The highest BCUT2D eigenvalue weighted by atomic mass is 79.9. The molecule has 1 aromatic carbocycles. The molecule has 126 valence electrons. The zero-order valence-corrected chi connectivity index (χ0v) is 14.6. The molecule has 0 saturated heterocycles. The minimum Gasteiger partial charge on any atom is -0.426 e. The summed E-state index contributed by atoms with van der Waals surface area (Å²) in [6, 6.07) is 2.88. The molecule has 1 aromatic rings. The zero-order valence-electron chi connectivity index (χ0n) is 9.77. The largest absolute Gasteiger partial charge is 0.467 e. The number of hydrogen-bond acceptors (Lipinski definition) is 4. The fourth-order valence-corrected chi connectivity index (χ4v) is 5.24. The van der Waals surface area contributed by atoms with Crippen LogP contribution in [0, 0.1) is 0 Å². The predicted octanol–water partition coefficient (Wildman–Crippen LogP) is 3.76. The van der Waals surface area contributed by atoms with Gasteiger partial charge in [-0.05, 0) is 18.2 Å². The van der Waals surface area contributed by atoms with Gasteiger partial charge in [-0.15, -0.1) is 0 Å². The minimum absolute atomic E-state index is 0.0932. The number of alkyl halides is 5. The van der Waals surface area contributed by atoms with E-state index in [-0.39, 0.29) is 8.95 Å². The van der Waals surface area contributed by atoms with Gasteiger partial charge >= 0.3 is 11.4 Å². The summed E-state index contributed by atoms with van der Waals surface area (Å²) in [5.41, 5.74) is 0. The van der Waals surface area contributed by atoms with Gasteiger partial charge in [0, 0.05) is 8.95 Å². The van der Waals surface area contributed by atoms with Gasteiger partial charge in [-0.1, -0.05) is 31.9 Å². The van der Waals surface area contributed by atoms with Gasteiger partial charge in [0.05, 0.1) is 4.90 Å². The Morgan fingerprint density at radius 3 is 1.64 bits per heavy atom. The molecular weight excluding hydrogens is 493 g/mol. The molecule has 0 atom stereocenters. The number of benzene rings is 1. The first kappa shape index (κ1) is 19.7. The highest BCUT2D eigenvalue weighted by molar-refractivity contribution is 9.11. The van der Waals surface area contributed by atoms with Crippen LogP contribution in [-0.4, -0.2) is 28.3 Å². The maximum absolute atomic E-state index is 12.8. The molecule has 5 nitrogen and oxygen atoms in total. The first-order chi connectivity index (χ1) is 9.60. The highest BCUT2D eigenvalue weighted by Crippen LogP contribution is 2.43. The topological polar surface area (TPSA) is 82.4 Å². The summed E-state index contributed by atoms with van der Waals surface area (Å²) in [6.07, 6.45) is -6.51. The molecule has 0 radical (unpaired) electrons. The van der Waals surface area contributed by atoms with Crippen molar-refractivity contribution in [2.24, 2.45) is 0 Å². The van der Waals surface area contributed by atoms with E-state index in [0.29, 0.717) is 0 Å². The Labute approximate surface area is 138 Å². The second-order valence-electron chi connectivity index (χ2n) is 3.64. The average Bonchev–Trinajstić information content (AvgIpc) is 2.24. The number of nitrogens with zero attached hydrogens (tertiary/aromatic N) is 1. The van der Waals surface area contributed by atoms with Crippen LogP contribution in [0.15, 0.2) is 32.0 Å². The van der Waals surface area contributed by atoms with E-state index >= 15 is 0 Å². The van der Waals surface area contributed by atoms with Gasteiger partial charge in [-0.3, -0.25) is 0 Å². The Morgan fingerprint density at radius 2 is 1.27 bits per heavy atom. The lowest BCUT2D eigenvalue weighted by Gasteiger charge is -2.28. The molecule has 0 aliphatic carbocycles. The van der Waals surface area contributed by atoms with Crippen LogP contribution in [0.3, 0.4) is 0 Å². The van der Waals surface area contributed by atoms with Crippen molar-refractivity contribution in [2.45, 2.75) is 16.3 Å². The quantitative estimate of drug-likeness (QED) is 0.595. The van der Waals surface area contributed by atoms with Crippen LogP contribution >= 0.6 is 31.9 Å². The third kappa shape index (κ3) is 3.96. The van der Waals surface area contributed by atoms with E-state index in [0.717, 1.165) is 12.1 Å². The fourth-order valence-electron chi connectivity index (χ4n) is 1.04. The second kappa shape index (κ2) is 5.96. The van der Waals surface area contributed by atoms with Crippen molar-refractivity contribution < 1.29 is 38.8 Å². The summed E-state index contributed by atoms with van der Waals surface area (Å²) in [7, 11) is -12.0. The standard InChI is InChI=1S/C8H3Br2F5NO4S2/c9-4-1-5(10)3-6(2-4)21(17,18)16-22(19,20)8(14,15)7(11,12)13/h1-3H/q-1. The van der Waals surface area contributed by atoms with E-state index in [9.17, 15) is 38.8 Å². The summed E-state index contributed by atoms with van der Waals surface area (Å²) < 4.78 is 109. The van der Waals surface area contributed by atoms with E-state index in [1.807, 2.05) is 0 Å². The molecule has 0 fully saturated rings. The van der Waals surface area contributed by atoms with Crippen LogP contribution < -0.4 is 0 Å². The van der Waals surface area contributed by atoms with E-state index in [4.69, 9.17) is 0 Å². The summed E-state index contributed by atoms with van der Waals surface area (Å²) in [4.78, 5) is -0.893. The number of rotatable bonds is 4. The SMILES string of the molecule is O=S(=O)([N-]S(=O)(=O)C(F)(F)C(F)(F)F)c1cc(Br)cc(Br)c1. The molecule has 0 bridgehead atoms. The molecule has 0 aliphatic rings. The molecule has 0 aliphatic heterocycles. The Balaban J connectivity index is 3.33. The average molecular weight is 496 g/mol. The molecule has 0 amide bonds. The lowest BCUT2D eigenvalue weighted by molar-refractivity contribution is -0.240. The molecular formula is C8H3Br2F5NO4S2-. The Hall–Kier alpha value is -0.310. The fraction of sp³-hybridized carbons (Fsp3) is 0.250. The van der Waals surface area contributed by atoms with Crippen LogP contribution in [0.4, 0.5) is 22.0 Å². The monoisotopic (exact) mass is 494 g/mol. The lowest BCUT2D eigenvalue weighted by atomic mass is 10.4. The van der Waals surface area contributed by atoms with E-state index < -0.39 is 36.4 Å². The van der Waals surface area contributed by atoms with Crippen molar-refractivity contribution in [1.82, 2.24) is 0 Å². The van der Waals surface area contributed by atoms with Crippen LogP contribution in [0.25, 0.3) is 4.13 Å². The van der Waals surface area contributed by atoms with Gasteiger partial charge in [-0.2, -0.15) is 22.0 Å². The third-order valence-electron chi connectivity index (χ3n) is 1.98. The predicted molar refractivity (Wildman–Crippen MR) is 72.3 cm³/mol. The molecule has 0 unspecified atom stereocenters. The van der Waals surface area contributed by atoms with Crippen molar-refractivity contribution in [1.29, 1.82) is 0 Å². The van der Waals surface area contributed by atoms with E-state index in [1.54, 1.807) is 4.13 Å². The summed E-state index contributed by atoms with van der Waals surface area (Å²) in [5, 5.41) is -6.34. The molecule has 0 heterocycles. The first-order valence-corrected chi connectivity index (χ1v) is 9.21. The molecule has 14 heteroatoms. The normalized spacial score (nSPS) is 14.1. The number of halogens is 7. The zero-order chi connectivity index (χ0) is 17.6. The Morgan fingerprint density at radius 1 is 0.864 bits per heavy atom. The van der Waals surface area contributed by atoms with Gasteiger partial charge in [0.2, 0.25) is 0 Å². The highest BCUT2D eigenvalue weighted by Gasteiger charge is 2.64. The Bertz CT molecular complexity index is 771. The third-order valence-corrected chi connectivity index (χ3v) is 6.18. The van der Waals surface area contributed by atoms with Crippen molar-refractivity contribution in [3.05, 3.63) is 31.3 Å². The van der Waals surface area contributed by atoms with Gasteiger partial charge in [0.15, 0.2) is 10.0 Å². The Kier molecular flexibility index (Phi) is 5.35. The van der Waals surface area contributed by atoms with Crippen molar-refractivity contribution in [2.75, 3.05) is 0 Å². The van der Waals surface area contributed by atoms with E-state index in [2.05, 4.69) is 31.9 Å². The van der Waals surface area contributed by atoms with Crippen LogP contribution in [0.2, 0.25) is 0 Å². The van der Waals surface area contributed by atoms with Crippen LogP contribution in [-0.2, 0) is 20.0 Å². The summed E-state index contributed by atoms with van der Waals surface area (Å²) >= 11 is 5.69. The minimum atomic E-state index is -6.70. The van der Waals surface area contributed by atoms with Gasteiger partial charge in [-0.25, -0.2) is 16.8 Å². The van der Waals surface area contributed by atoms with Crippen molar-refractivity contribution >= 4 is 51.9 Å². The van der Waals surface area contributed by atoms with Gasteiger partial charge in [0.1, 0.15) is 10.0 Å². The smallest absolute Gasteiger partial charge is 0.426 e. The first-order valence-electron chi connectivity index (χ1n) is 4.74. The van der Waals surface area contributed by atoms with Gasteiger partial charge < -0.3 is 4.13 Å². The molecule has 0 spiro atoms. The molecule has 0 N–H and O–H groups in total. The molecule has 0 saturated carbocycles. The maximum atomic E-state index is 12.8. The van der Waals surface area contributed by atoms with Crippen LogP contribution in [0.5, 0.6) is 0 Å². The maximum Gasteiger partial charge on any atom is 0.467 e. The van der Waals surface area contributed by atoms with E-state index in [1.165, 1.54) is 6.07 Å². The molecule has 0 aromatic heterocycles. The van der Waals surface area contributed by atoms with Crippen molar-refractivity contribution in [3.63, 3.8) is 0 Å². The molecule has 22 heavy (non-hydrogen) atoms. The number of sulfonamides is 2.